The lowest BCUT2D eigenvalue weighted by molar-refractivity contribution is -0.137. The van der Waals surface area contributed by atoms with E-state index >= 15 is 0 Å². The molecule has 0 aliphatic carbocycles. The first-order chi connectivity index (χ1) is 7.91. The van der Waals surface area contributed by atoms with Crippen molar-refractivity contribution < 1.29 is 4.79 Å². The minimum atomic E-state index is 0.187. The van der Waals surface area contributed by atoms with Crippen LogP contribution in [0.4, 0.5) is 0 Å². The molecule has 1 rings (SSSR count). The van der Waals surface area contributed by atoms with E-state index in [2.05, 4.69) is 44.8 Å². The molecule has 1 amide bonds. The van der Waals surface area contributed by atoms with Gasteiger partial charge >= 0.3 is 0 Å². The van der Waals surface area contributed by atoms with E-state index in [1.807, 2.05) is 0 Å². The van der Waals surface area contributed by atoms with Gasteiger partial charge in [0.05, 0.1) is 5.92 Å². The molecule has 1 aliphatic heterocycles. The lowest BCUT2D eigenvalue weighted by Gasteiger charge is -2.30. The van der Waals surface area contributed by atoms with Gasteiger partial charge in [-0.3, -0.25) is 4.79 Å². The van der Waals surface area contributed by atoms with Crippen molar-refractivity contribution in [3.05, 3.63) is 0 Å². The normalized spacial score (nSPS) is 24.6. The highest BCUT2D eigenvalue weighted by atomic mass is 16.2. The summed E-state index contributed by atoms with van der Waals surface area (Å²) < 4.78 is 0. The Balaban J connectivity index is 2.64. The third kappa shape index (κ3) is 4.30. The van der Waals surface area contributed by atoms with E-state index in [9.17, 15) is 4.79 Å². The largest absolute Gasteiger partial charge is 0.342 e. The first-order valence-electron chi connectivity index (χ1n) is 6.91. The second kappa shape index (κ2) is 6.39. The van der Waals surface area contributed by atoms with Gasteiger partial charge in [0.2, 0.25) is 5.91 Å². The highest BCUT2D eigenvalue weighted by Crippen LogP contribution is 2.20. The van der Waals surface area contributed by atoms with Crippen LogP contribution in [0.15, 0.2) is 0 Å². The van der Waals surface area contributed by atoms with E-state index in [1.165, 1.54) is 0 Å². The maximum Gasteiger partial charge on any atom is 0.227 e. The maximum atomic E-state index is 12.5. The zero-order chi connectivity index (χ0) is 13.0. The van der Waals surface area contributed by atoms with Gasteiger partial charge in [-0.25, -0.2) is 0 Å². The number of hydrogen-bond donors (Lipinski definition) is 1. The van der Waals surface area contributed by atoms with Crippen LogP contribution >= 0.6 is 0 Å². The topological polar surface area (TPSA) is 32.3 Å². The average Bonchev–Trinajstić information content (AvgIpc) is 2.61. The summed E-state index contributed by atoms with van der Waals surface area (Å²) in [6.45, 7) is 14.5. The van der Waals surface area contributed by atoms with Gasteiger partial charge in [-0.05, 0) is 24.3 Å². The predicted octanol–water partition coefficient (Wildman–Crippen LogP) is 1.98. The van der Waals surface area contributed by atoms with Crippen LogP contribution in [0.1, 0.15) is 34.6 Å². The molecule has 0 aromatic carbocycles. The molecule has 100 valence electrons. The Hall–Kier alpha value is -0.570. The maximum absolute atomic E-state index is 12.5. The van der Waals surface area contributed by atoms with Crippen molar-refractivity contribution >= 4 is 5.91 Å². The highest BCUT2D eigenvalue weighted by Gasteiger charge is 2.32. The van der Waals surface area contributed by atoms with E-state index in [4.69, 9.17) is 0 Å². The Bertz CT molecular complexity index is 241. The lowest BCUT2D eigenvalue weighted by Crippen LogP contribution is -2.42. The van der Waals surface area contributed by atoms with E-state index < -0.39 is 0 Å². The molecule has 0 spiro atoms. The summed E-state index contributed by atoms with van der Waals surface area (Å²) in [5, 5.41) is 3.32. The quantitative estimate of drug-likeness (QED) is 0.797. The molecule has 2 unspecified atom stereocenters. The fourth-order valence-corrected chi connectivity index (χ4v) is 2.51. The Morgan fingerprint density at radius 1 is 1.18 bits per heavy atom. The number of nitrogens with one attached hydrogen (secondary N) is 1. The predicted molar refractivity (Wildman–Crippen MR) is 71.8 cm³/mol. The Morgan fingerprint density at radius 3 is 2.06 bits per heavy atom. The molecule has 3 heteroatoms. The summed E-state index contributed by atoms with van der Waals surface area (Å²) in [5.74, 6) is 2.10. The summed E-state index contributed by atoms with van der Waals surface area (Å²) in [6.07, 6.45) is 0. The van der Waals surface area contributed by atoms with Crippen LogP contribution in [0, 0.1) is 23.7 Å². The van der Waals surface area contributed by atoms with Crippen molar-refractivity contribution in [2.75, 3.05) is 26.2 Å². The summed E-state index contributed by atoms with van der Waals surface area (Å²) in [7, 11) is 0. The van der Waals surface area contributed by atoms with Gasteiger partial charge in [-0.15, -0.1) is 0 Å². The number of nitrogens with zero attached hydrogens (tertiary/aromatic N) is 1. The van der Waals surface area contributed by atoms with Crippen molar-refractivity contribution in [1.82, 2.24) is 10.2 Å². The van der Waals surface area contributed by atoms with Crippen molar-refractivity contribution in [2.45, 2.75) is 34.6 Å². The second-order valence-corrected chi connectivity index (χ2v) is 6.27. The van der Waals surface area contributed by atoms with Crippen LogP contribution in [0.2, 0.25) is 0 Å². The van der Waals surface area contributed by atoms with Crippen LogP contribution in [0.3, 0.4) is 0 Å². The van der Waals surface area contributed by atoms with Gasteiger partial charge in [0.1, 0.15) is 0 Å². The van der Waals surface area contributed by atoms with Crippen molar-refractivity contribution in [1.29, 1.82) is 0 Å². The van der Waals surface area contributed by atoms with Crippen LogP contribution in [-0.2, 0) is 4.79 Å². The molecule has 17 heavy (non-hydrogen) atoms. The molecule has 0 aromatic heterocycles. The second-order valence-electron chi connectivity index (χ2n) is 6.27. The molecule has 1 aliphatic rings. The molecule has 0 aromatic rings. The van der Waals surface area contributed by atoms with E-state index in [0.29, 0.717) is 23.7 Å². The zero-order valence-corrected chi connectivity index (χ0v) is 12.0. The van der Waals surface area contributed by atoms with Gasteiger partial charge < -0.3 is 10.2 Å². The Morgan fingerprint density at radius 2 is 1.71 bits per heavy atom. The zero-order valence-electron chi connectivity index (χ0n) is 12.0. The standard InChI is InChI=1S/C14H28N2O/c1-10(2)8-16(9-11(3)4)14(17)13-7-15-6-12(13)5/h10-13,15H,6-9H2,1-5H3. The molecular weight excluding hydrogens is 212 g/mol. The lowest BCUT2D eigenvalue weighted by atomic mass is 9.95. The first-order valence-corrected chi connectivity index (χ1v) is 6.91. The van der Waals surface area contributed by atoms with Crippen LogP contribution in [-0.4, -0.2) is 37.0 Å². The van der Waals surface area contributed by atoms with E-state index in [0.717, 1.165) is 26.2 Å². The number of rotatable bonds is 5. The molecule has 2 atom stereocenters. The summed E-state index contributed by atoms with van der Waals surface area (Å²) in [5.41, 5.74) is 0. The van der Waals surface area contributed by atoms with Gasteiger partial charge in [-0.1, -0.05) is 34.6 Å². The molecule has 0 bridgehead atoms. The van der Waals surface area contributed by atoms with Gasteiger partial charge in [0, 0.05) is 19.6 Å². The van der Waals surface area contributed by atoms with Gasteiger partial charge in [0.25, 0.3) is 0 Å². The Labute approximate surface area is 106 Å². The number of hydrogen-bond acceptors (Lipinski definition) is 2. The third-order valence-electron chi connectivity index (χ3n) is 3.32. The minimum Gasteiger partial charge on any atom is -0.342 e. The fourth-order valence-electron chi connectivity index (χ4n) is 2.51. The summed E-state index contributed by atoms with van der Waals surface area (Å²) >= 11 is 0. The number of carbonyl (C=O) groups is 1. The average molecular weight is 240 g/mol. The molecular formula is C14H28N2O. The fraction of sp³-hybridized carbons (Fsp3) is 0.929. The number of amides is 1. The highest BCUT2D eigenvalue weighted by molar-refractivity contribution is 5.79. The van der Waals surface area contributed by atoms with Gasteiger partial charge in [0.15, 0.2) is 0 Å². The molecule has 0 radical (unpaired) electrons. The monoisotopic (exact) mass is 240 g/mol. The molecule has 1 heterocycles. The van der Waals surface area contributed by atoms with Crippen molar-refractivity contribution in [3.8, 4) is 0 Å². The molecule has 3 nitrogen and oxygen atoms in total. The number of carbonyl (C=O) groups excluding carboxylic acids is 1. The SMILES string of the molecule is CC(C)CN(CC(C)C)C(=O)C1CNCC1C. The van der Waals surface area contributed by atoms with Gasteiger partial charge in [-0.2, -0.15) is 0 Å². The van der Waals surface area contributed by atoms with E-state index in [-0.39, 0.29) is 5.92 Å². The molecule has 1 saturated heterocycles. The molecule has 1 N–H and O–H groups in total. The third-order valence-corrected chi connectivity index (χ3v) is 3.32. The summed E-state index contributed by atoms with van der Waals surface area (Å²) in [6, 6.07) is 0. The molecule has 1 fully saturated rings. The van der Waals surface area contributed by atoms with E-state index in [1.54, 1.807) is 0 Å². The van der Waals surface area contributed by atoms with Crippen LogP contribution in [0.25, 0.3) is 0 Å². The van der Waals surface area contributed by atoms with Crippen molar-refractivity contribution in [2.24, 2.45) is 23.7 Å². The smallest absolute Gasteiger partial charge is 0.227 e. The summed E-state index contributed by atoms with van der Waals surface area (Å²) in [4.78, 5) is 14.6. The van der Waals surface area contributed by atoms with Crippen LogP contribution < -0.4 is 5.32 Å². The first kappa shape index (κ1) is 14.5. The minimum absolute atomic E-state index is 0.187. The van der Waals surface area contributed by atoms with Crippen LogP contribution in [0.5, 0.6) is 0 Å². The molecule has 0 saturated carbocycles. The Kier molecular flexibility index (Phi) is 5.44. The van der Waals surface area contributed by atoms with Crippen molar-refractivity contribution in [3.63, 3.8) is 0 Å².